The average Bonchev–Trinajstić information content (AvgIpc) is 2.95. The number of allylic oxidation sites excluding steroid dienone is 1. The standard InChI is InChI=1S/C33H27F3N2O5/c1-32(2)16-22-29-21-7-5-4-6-18(21)8-11-23(29)37-31(30(22)25(39)17-32)19-9-12-27(28(14-19)42-3)43-26-13-10-20(33(34,35)36)15-24(26)38(40)41/h4-15,31,37H,16-17H2,1-3H3/t31-/m1/s1. The molecule has 0 fully saturated rings. The lowest BCUT2D eigenvalue weighted by atomic mass is 9.68. The lowest BCUT2D eigenvalue weighted by Gasteiger charge is -2.40. The van der Waals surface area contributed by atoms with Gasteiger partial charge in [0.2, 0.25) is 5.75 Å². The minimum absolute atomic E-state index is 0.0435. The van der Waals surface area contributed by atoms with E-state index in [1.165, 1.54) is 13.2 Å². The molecule has 1 aliphatic heterocycles. The first-order valence-electron chi connectivity index (χ1n) is 13.6. The van der Waals surface area contributed by atoms with Crippen molar-refractivity contribution < 1.29 is 32.4 Å². The monoisotopic (exact) mass is 588 g/mol. The van der Waals surface area contributed by atoms with Gasteiger partial charge in [0.1, 0.15) is 0 Å². The molecule has 1 aliphatic carbocycles. The van der Waals surface area contributed by atoms with Crippen molar-refractivity contribution in [3.8, 4) is 17.2 Å². The highest BCUT2D eigenvalue weighted by molar-refractivity contribution is 6.12. The van der Waals surface area contributed by atoms with Gasteiger partial charge in [-0.05, 0) is 64.1 Å². The average molecular weight is 589 g/mol. The molecule has 0 saturated heterocycles. The van der Waals surface area contributed by atoms with E-state index < -0.39 is 28.4 Å². The number of halogens is 3. The number of benzene rings is 4. The quantitative estimate of drug-likeness (QED) is 0.185. The summed E-state index contributed by atoms with van der Waals surface area (Å²) in [5.74, 6) is -0.0532. The number of nitrogens with zero attached hydrogens (tertiary/aromatic N) is 1. The summed E-state index contributed by atoms with van der Waals surface area (Å²) in [4.78, 5) is 24.4. The molecule has 6 rings (SSSR count). The van der Waals surface area contributed by atoms with E-state index in [1.54, 1.807) is 12.1 Å². The summed E-state index contributed by atoms with van der Waals surface area (Å²) in [6.45, 7) is 4.18. The SMILES string of the molecule is COc1cc([C@H]2Nc3ccc4ccccc4c3C3=C2C(=O)CC(C)(C)C3)ccc1Oc1ccc(C(F)(F)F)cc1[N+](=O)[O-]. The molecule has 0 aromatic heterocycles. The molecule has 0 saturated carbocycles. The number of fused-ring (bicyclic) bond motifs is 4. The van der Waals surface area contributed by atoms with E-state index in [1.807, 2.05) is 30.3 Å². The normalized spacial score (nSPS) is 17.6. The van der Waals surface area contributed by atoms with Gasteiger partial charge in [-0.25, -0.2) is 0 Å². The number of hydrogen-bond acceptors (Lipinski definition) is 6. The molecule has 10 heteroatoms. The van der Waals surface area contributed by atoms with Gasteiger partial charge in [-0.1, -0.05) is 50.2 Å². The highest BCUT2D eigenvalue weighted by atomic mass is 19.4. The minimum atomic E-state index is -4.75. The summed E-state index contributed by atoms with van der Waals surface area (Å²) < 4.78 is 50.8. The van der Waals surface area contributed by atoms with Gasteiger partial charge in [0.05, 0.1) is 23.6 Å². The van der Waals surface area contributed by atoms with Crippen LogP contribution in [0.5, 0.6) is 17.2 Å². The van der Waals surface area contributed by atoms with Gasteiger partial charge in [0.15, 0.2) is 17.3 Å². The van der Waals surface area contributed by atoms with Gasteiger partial charge in [-0.3, -0.25) is 14.9 Å². The van der Waals surface area contributed by atoms with Gasteiger partial charge >= 0.3 is 11.9 Å². The van der Waals surface area contributed by atoms with Crippen LogP contribution in [0.25, 0.3) is 16.3 Å². The van der Waals surface area contributed by atoms with Crippen LogP contribution in [0, 0.1) is 15.5 Å². The molecule has 4 aromatic carbocycles. The van der Waals surface area contributed by atoms with Gasteiger partial charge in [0.25, 0.3) is 0 Å². The van der Waals surface area contributed by atoms with Crippen LogP contribution < -0.4 is 14.8 Å². The lowest BCUT2D eigenvalue weighted by molar-refractivity contribution is -0.385. The smallest absolute Gasteiger partial charge is 0.416 e. The van der Waals surface area contributed by atoms with Crippen LogP contribution in [0.2, 0.25) is 0 Å². The number of carbonyl (C=O) groups is 1. The molecule has 1 N–H and O–H groups in total. The van der Waals surface area contributed by atoms with E-state index in [-0.39, 0.29) is 28.4 Å². The highest BCUT2D eigenvalue weighted by Crippen LogP contribution is 2.52. The number of anilines is 1. The molecule has 1 atom stereocenters. The molecule has 7 nitrogen and oxygen atoms in total. The third-order valence-corrected chi connectivity index (χ3v) is 7.96. The van der Waals surface area contributed by atoms with E-state index in [0.717, 1.165) is 39.7 Å². The number of ketones is 1. The number of ether oxygens (including phenoxy) is 2. The number of nitrogens with one attached hydrogen (secondary N) is 1. The van der Waals surface area contributed by atoms with Crippen molar-refractivity contribution in [2.24, 2.45) is 5.41 Å². The minimum Gasteiger partial charge on any atom is -0.493 e. The topological polar surface area (TPSA) is 90.7 Å². The van der Waals surface area contributed by atoms with E-state index in [4.69, 9.17) is 9.47 Å². The maximum Gasteiger partial charge on any atom is 0.416 e. The maximum absolute atomic E-state index is 13.7. The van der Waals surface area contributed by atoms with Crippen LogP contribution in [-0.2, 0) is 11.0 Å². The van der Waals surface area contributed by atoms with Gasteiger partial charge in [0, 0.05) is 29.3 Å². The molecule has 0 spiro atoms. The van der Waals surface area contributed by atoms with Gasteiger partial charge in [-0.2, -0.15) is 13.2 Å². The van der Waals surface area contributed by atoms with Crippen LogP contribution in [0.15, 0.2) is 78.4 Å². The lowest BCUT2D eigenvalue weighted by Crippen LogP contribution is -2.33. The molecular formula is C33H27F3N2O5. The molecule has 0 amide bonds. The molecule has 2 aliphatic rings. The van der Waals surface area contributed by atoms with Crippen LogP contribution >= 0.6 is 0 Å². The van der Waals surface area contributed by atoms with Crippen molar-refractivity contribution in [3.63, 3.8) is 0 Å². The summed E-state index contributed by atoms with van der Waals surface area (Å²) in [6.07, 6.45) is -3.65. The maximum atomic E-state index is 13.7. The fraction of sp³-hybridized carbons (Fsp3) is 0.242. The predicted octanol–water partition coefficient (Wildman–Crippen LogP) is 8.88. The Morgan fingerprint density at radius 3 is 2.42 bits per heavy atom. The van der Waals surface area contributed by atoms with Crippen LogP contribution in [0.4, 0.5) is 24.5 Å². The number of hydrogen-bond donors (Lipinski definition) is 1. The Hall–Kier alpha value is -4.86. The number of rotatable bonds is 5. The highest BCUT2D eigenvalue weighted by Gasteiger charge is 2.41. The second kappa shape index (κ2) is 10.1. The number of methoxy groups -OCH3 is 1. The zero-order valence-electron chi connectivity index (χ0n) is 23.5. The molecule has 4 aromatic rings. The van der Waals surface area contributed by atoms with Gasteiger partial charge < -0.3 is 14.8 Å². The molecule has 1 heterocycles. The van der Waals surface area contributed by atoms with Crippen LogP contribution in [0.1, 0.15) is 49.4 Å². The summed E-state index contributed by atoms with van der Waals surface area (Å²) in [6, 6.07) is 18.6. The van der Waals surface area contributed by atoms with Crippen LogP contribution in [-0.4, -0.2) is 17.8 Å². The molecular weight excluding hydrogens is 561 g/mol. The molecule has 43 heavy (non-hydrogen) atoms. The van der Waals surface area contributed by atoms with Crippen LogP contribution in [0.3, 0.4) is 0 Å². The number of nitro benzene ring substituents is 1. The molecule has 0 unspecified atom stereocenters. The molecule has 220 valence electrons. The summed E-state index contributed by atoms with van der Waals surface area (Å²) in [7, 11) is 1.39. The second-order valence-corrected chi connectivity index (χ2v) is 11.6. The third kappa shape index (κ3) is 5.07. The largest absolute Gasteiger partial charge is 0.493 e. The van der Waals surface area contributed by atoms with Crippen molar-refractivity contribution in [2.75, 3.05) is 12.4 Å². The number of nitro groups is 1. The second-order valence-electron chi connectivity index (χ2n) is 11.6. The Morgan fingerprint density at radius 2 is 1.70 bits per heavy atom. The predicted molar refractivity (Wildman–Crippen MR) is 156 cm³/mol. The fourth-order valence-electron chi connectivity index (χ4n) is 6.08. The Morgan fingerprint density at radius 1 is 0.953 bits per heavy atom. The molecule has 0 bridgehead atoms. The summed E-state index contributed by atoms with van der Waals surface area (Å²) >= 11 is 0. The number of Topliss-reactive ketones (excluding diaryl/α,β-unsaturated/α-hetero) is 1. The van der Waals surface area contributed by atoms with Crippen molar-refractivity contribution in [2.45, 2.75) is 38.9 Å². The first-order chi connectivity index (χ1) is 20.4. The molecule has 0 radical (unpaired) electrons. The Labute approximate surface area is 245 Å². The number of carbonyl (C=O) groups excluding carboxylic acids is 1. The van der Waals surface area contributed by atoms with E-state index >= 15 is 0 Å². The zero-order valence-corrected chi connectivity index (χ0v) is 23.5. The van der Waals surface area contributed by atoms with Gasteiger partial charge in [-0.15, -0.1) is 0 Å². The van der Waals surface area contributed by atoms with Crippen molar-refractivity contribution >= 4 is 33.5 Å². The zero-order chi connectivity index (χ0) is 30.7. The Bertz CT molecular complexity index is 1840. The van der Waals surface area contributed by atoms with Crippen molar-refractivity contribution in [1.82, 2.24) is 0 Å². The first kappa shape index (κ1) is 28.3. The Kier molecular flexibility index (Phi) is 6.67. The number of alkyl halides is 3. The summed E-state index contributed by atoms with van der Waals surface area (Å²) in [5, 5.41) is 17.3. The third-order valence-electron chi connectivity index (χ3n) is 7.96. The van der Waals surface area contributed by atoms with Crippen molar-refractivity contribution in [3.05, 3.63) is 105 Å². The fourth-order valence-corrected chi connectivity index (χ4v) is 6.08. The van der Waals surface area contributed by atoms with Crippen molar-refractivity contribution in [1.29, 1.82) is 0 Å². The van der Waals surface area contributed by atoms with E-state index in [9.17, 15) is 28.1 Å². The first-order valence-corrected chi connectivity index (χ1v) is 13.6. The van der Waals surface area contributed by atoms with E-state index in [0.29, 0.717) is 30.0 Å². The Balaban J connectivity index is 1.43. The van der Waals surface area contributed by atoms with E-state index in [2.05, 4.69) is 25.2 Å². The summed E-state index contributed by atoms with van der Waals surface area (Å²) in [5.41, 5.74) is 2.08.